The van der Waals surface area contributed by atoms with Crippen LogP contribution in [0.5, 0.6) is 0 Å². The molecule has 4 heterocycles. The molecule has 65 heavy (non-hydrogen) atoms. The van der Waals surface area contributed by atoms with Gasteiger partial charge < -0.3 is 29.7 Å². The summed E-state index contributed by atoms with van der Waals surface area (Å²) in [6, 6.07) is 49.4. The number of thiazole rings is 1. The standard InChI is InChI=1S/C51H47N5O6S3/c1-50(2)60-30-39(62-50)29-35-31-64-47-42(46(58)56(47)43(35)48(63)61-44(33-19-9-4-10-20-33)34-21-11-5-12-22-34)53-45(57)41(55-59-3)40-32-65-49(52-40)54-51(36-23-13-6-14-24-36,37-25-15-7-16-26-37)38-27-17-8-18-28-38/h4-28,32,39,42,44,47H,29-31H2,1-3H3,(H,52,54)(H,53,57)/b55-41-/t39?,42?,47-/m1/s1. The zero-order chi connectivity index (χ0) is 45.0. The fourth-order valence-electron chi connectivity index (χ4n) is 8.60. The first-order valence-electron chi connectivity index (χ1n) is 21.3. The van der Waals surface area contributed by atoms with E-state index in [-0.39, 0.29) is 28.5 Å². The van der Waals surface area contributed by atoms with Gasteiger partial charge in [0.1, 0.15) is 35.9 Å². The Kier molecular flexibility index (Phi) is 13.0. The molecule has 3 atom stereocenters. The van der Waals surface area contributed by atoms with E-state index >= 15 is 0 Å². The molecule has 2 N–H and O–H groups in total. The molecule has 11 nitrogen and oxygen atoms in total. The second-order valence-corrected chi connectivity index (χ2v) is 18.5. The van der Waals surface area contributed by atoms with Crippen molar-refractivity contribution in [1.82, 2.24) is 15.2 Å². The van der Waals surface area contributed by atoms with Crippen molar-refractivity contribution in [2.45, 2.75) is 55.2 Å². The van der Waals surface area contributed by atoms with Crippen molar-refractivity contribution >= 4 is 63.0 Å². The molecule has 0 aliphatic carbocycles. The minimum Gasteiger partial charge on any atom is -0.469 e. The molecule has 2 fully saturated rings. The lowest BCUT2D eigenvalue weighted by atomic mass is 9.77. The highest BCUT2D eigenvalue weighted by Crippen LogP contribution is 2.45. The van der Waals surface area contributed by atoms with Gasteiger partial charge in [0.25, 0.3) is 11.8 Å². The van der Waals surface area contributed by atoms with Gasteiger partial charge in [-0.05, 0) is 59.5 Å². The van der Waals surface area contributed by atoms with Crippen LogP contribution in [0.2, 0.25) is 0 Å². The van der Waals surface area contributed by atoms with Crippen LogP contribution in [0.25, 0.3) is 0 Å². The summed E-state index contributed by atoms with van der Waals surface area (Å²) in [4.78, 5) is 40.5. The summed E-state index contributed by atoms with van der Waals surface area (Å²) in [5, 5.41) is 12.9. The first kappa shape index (κ1) is 44.1. The molecular formula is C51H47N5O6S3. The molecule has 3 aliphatic heterocycles. The Bertz CT molecular complexity index is 2570. The molecule has 0 radical (unpaired) electrons. The molecule has 14 heteroatoms. The van der Waals surface area contributed by atoms with Crippen molar-refractivity contribution in [3.05, 3.63) is 202 Å². The molecule has 9 rings (SSSR count). The van der Waals surface area contributed by atoms with Gasteiger partial charge in [0.15, 0.2) is 16.6 Å². The number of hydrogen-bond acceptors (Lipinski definition) is 12. The van der Waals surface area contributed by atoms with Crippen LogP contribution in [0.4, 0.5) is 5.13 Å². The van der Waals surface area contributed by atoms with E-state index in [2.05, 4.69) is 52.2 Å². The van der Waals surface area contributed by atoms with Crippen molar-refractivity contribution in [2.75, 3.05) is 24.8 Å². The second-order valence-electron chi connectivity index (χ2n) is 16.2. The van der Waals surface area contributed by atoms with Crippen molar-refractivity contribution in [2.24, 2.45) is 5.16 Å². The third kappa shape index (κ3) is 9.09. The summed E-state index contributed by atoms with van der Waals surface area (Å²) in [5.74, 6) is -1.15. The minimum atomic E-state index is -0.893. The number of β-lactam (4-membered cyclic amide) rings is 1. The zero-order valence-corrected chi connectivity index (χ0v) is 38.4. The zero-order valence-electron chi connectivity index (χ0n) is 36.0. The molecule has 0 bridgehead atoms. The van der Waals surface area contributed by atoms with Gasteiger partial charge in [-0.1, -0.05) is 157 Å². The summed E-state index contributed by atoms with van der Waals surface area (Å²) < 4.78 is 18.9. The average molecular weight is 922 g/mol. The Morgan fingerprint density at radius 3 is 1.92 bits per heavy atom. The van der Waals surface area contributed by atoms with Crippen LogP contribution in [-0.4, -0.2) is 75.2 Å². The molecule has 5 aromatic carbocycles. The van der Waals surface area contributed by atoms with Crippen LogP contribution in [0.15, 0.2) is 173 Å². The van der Waals surface area contributed by atoms with E-state index in [9.17, 15) is 9.59 Å². The molecule has 6 aromatic rings. The molecule has 3 aliphatic rings. The highest BCUT2D eigenvalue weighted by Gasteiger charge is 2.54. The number of amides is 2. The van der Waals surface area contributed by atoms with Crippen LogP contribution < -0.4 is 10.6 Å². The number of benzene rings is 5. The van der Waals surface area contributed by atoms with Gasteiger partial charge in [-0.2, -0.15) is 0 Å². The fraction of sp³-hybridized carbons (Fsp3) is 0.235. The van der Waals surface area contributed by atoms with Crippen LogP contribution in [0.3, 0.4) is 0 Å². The number of thioether (sulfide) groups is 1. The maximum absolute atomic E-state index is 14.4. The predicted molar refractivity (Wildman–Crippen MR) is 258 cm³/mol. The maximum atomic E-state index is 14.4. The molecule has 330 valence electrons. The number of ether oxygens (including phenoxy) is 3. The van der Waals surface area contributed by atoms with Crippen molar-refractivity contribution < 1.29 is 28.6 Å². The van der Waals surface area contributed by atoms with E-state index in [0.717, 1.165) is 33.4 Å². The fourth-order valence-corrected chi connectivity index (χ4v) is 11.1. The van der Waals surface area contributed by atoms with Crippen LogP contribution in [-0.2, 0) is 34.2 Å². The van der Waals surface area contributed by atoms with Crippen molar-refractivity contribution in [3.8, 4) is 0 Å². The largest absolute Gasteiger partial charge is 0.469 e. The number of hydrogen-bond donors (Lipinski definition) is 2. The summed E-state index contributed by atoms with van der Waals surface area (Å²) in [6.07, 6.45) is -0.300. The lowest BCUT2D eigenvalue weighted by Gasteiger charge is -2.50. The number of carbonyl (C=O) groups excluding carboxylic acids is 2. The quantitative estimate of drug-likeness (QED) is 0.0339. The van der Waals surface area contributed by atoms with Crippen LogP contribution >= 0.6 is 35.3 Å². The molecule has 0 saturated carbocycles. The van der Waals surface area contributed by atoms with Crippen molar-refractivity contribution in [1.29, 1.82) is 0 Å². The third-order valence-corrected chi connectivity index (χ3v) is 13.9. The van der Waals surface area contributed by atoms with E-state index in [4.69, 9.17) is 36.3 Å². The highest BCUT2D eigenvalue weighted by atomic mass is 32.2. The van der Waals surface area contributed by atoms with Gasteiger partial charge in [-0.3, -0.25) is 14.5 Å². The van der Waals surface area contributed by atoms with Gasteiger partial charge in [-0.25, -0.2) is 4.98 Å². The lowest BCUT2D eigenvalue weighted by Crippen LogP contribution is -2.71. The number of rotatable bonds is 15. The van der Waals surface area contributed by atoms with E-state index in [0.29, 0.717) is 29.6 Å². The van der Waals surface area contributed by atoms with E-state index < -0.39 is 34.8 Å². The first-order chi connectivity index (χ1) is 31.6. The summed E-state index contributed by atoms with van der Waals surface area (Å²) in [7, 11) is 1.37. The number of aromatic nitrogens is 1. The SMILES string of the molecule is CO/N=C(\C(=O)NC1C(=O)N2C(C(=S)OC(c3ccccc3)c3ccccc3)=C(CC3COC(C)(C)O3)CS[C@H]12)c1csc(NC(c2ccccc2)(c2ccccc2)c2ccccc2)n1. The van der Waals surface area contributed by atoms with Gasteiger partial charge in [0.05, 0.1) is 18.4 Å². The van der Waals surface area contributed by atoms with Gasteiger partial charge in [0, 0.05) is 17.6 Å². The molecule has 0 spiro atoms. The molecule has 2 saturated heterocycles. The monoisotopic (exact) mass is 921 g/mol. The number of nitrogens with zero attached hydrogens (tertiary/aromatic N) is 3. The van der Waals surface area contributed by atoms with E-state index in [1.807, 2.05) is 129 Å². The molecule has 2 amide bonds. The Morgan fingerprint density at radius 1 is 0.877 bits per heavy atom. The number of fused-ring (bicyclic) bond motifs is 1. The average Bonchev–Trinajstić information content (AvgIpc) is 3.96. The first-order valence-corrected chi connectivity index (χ1v) is 23.6. The Balaban J connectivity index is 0.983. The third-order valence-electron chi connectivity index (χ3n) is 11.6. The molecule has 1 aromatic heterocycles. The number of thiocarbonyl (C=S) groups is 1. The molecule has 2 unspecified atom stereocenters. The van der Waals surface area contributed by atoms with Crippen molar-refractivity contribution in [3.63, 3.8) is 0 Å². The maximum Gasteiger partial charge on any atom is 0.276 e. The molecular weight excluding hydrogens is 875 g/mol. The summed E-state index contributed by atoms with van der Waals surface area (Å²) in [5.41, 5.74) is 5.62. The van der Waals surface area contributed by atoms with Gasteiger partial charge in [0.2, 0.25) is 5.05 Å². The Labute approximate surface area is 391 Å². The Morgan fingerprint density at radius 2 is 1.42 bits per heavy atom. The summed E-state index contributed by atoms with van der Waals surface area (Å²) in [6.45, 7) is 4.17. The normalized spacial score (nSPS) is 19.3. The van der Waals surface area contributed by atoms with Gasteiger partial charge >= 0.3 is 0 Å². The minimum absolute atomic E-state index is 0.0709. The number of oxime groups is 1. The van der Waals surface area contributed by atoms with E-state index in [1.165, 1.54) is 18.4 Å². The number of carbonyl (C=O) groups is 2. The topological polar surface area (TPSA) is 124 Å². The Hall–Kier alpha value is -6.16. The van der Waals surface area contributed by atoms with E-state index in [1.54, 1.807) is 22.0 Å². The smallest absolute Gasteiger partial charge is 0.276 e. The lowest BCUT2D eigenvalue weighted by molar-refractivity contribution is -0.145. The van der Waals surface area contributed by atoms with Crippen LogP contribution in [0, 0.1) is 0 Å². The number of anilines is 1. The second kappa shape index (κ2) is 19.1. The van der Waals surface area contributed by atoms with Crippen LogP contribution in [0.1, 0.15) is 59.9 Å². The predicted octanol–water partition coefficient (Wildman–Crippen LogP) is 9.23. The number of nitrogens with one attached hydrogen (secondary N) is 2. The highest BCUT2D eigenvalue weighted by molar-refractivity contribution is 8.00. The summed E-state index contributed by atoms with van der Waals surface area (Å²) >= 11 is 9.02. The van der Waals surface area contributed by atoms with Gasteiger partial charge in [-0.15, -0.1) is 23.1 Å².